The molecule has 52 heavy (non-hydrogen) atoms. The lowest BCUT2D eigenvalue weighted by Crippen LogP contribution is -2.38. The topological polar surface area (TPSA) is 69.0 Å². The maximum Gasteiger partial charge on any atom is 0.316 e. The Labute approximate surface area is 330 Å². The number of nitrogens with zero attached hydrogens (tertiary/aromatic N) is 1. The summed E-state index contributed by atoms with van der Waals surface area (Å²) < 4.78 is 18.0. The van der Waals surface area contributed by atoms with Crippen LogP contribution in [0, 0.1) is 6.92 Å². The van der Waals surface area contributed by atoms with Crippen LogP contribution in [-0.4, -0.2) is 66.3 Å². The van der Waals surface area contributed by atoms with Gasteiger partial charge in [-0.15, -0.1) is 0 Å². The Hall–Kier alpha value is -2.35. The number of ether oxygens (including phenoxy) is 2. The van der Waals surface area contributed by atoms with Crippen LogP contribution >= 0.6 is 0 Å². The van der Waals surface area contributed by atoms with Gasteiger partial charge in [0.05, 0.1) is 12.0 Å². The molecular formula is C45H69MgNO5. The third kappa shape index (κ3) is 16.3. The van der Waals surface area contributed by atoms with E-state index in [1.54, 1.807) is 0 Å². The summed E-state index contributed by atoms with van der Waals surface area (Å²) in [6, 6.07) is 15.3. The molecule has 1 saturated heterocycles. The first kappa shape index (κ1) is 44.0. The number of carbonyl (C=O) groups excluding carboxylic acids is 1. The number of carbonyl (C=O) groups is 1. The van der Waals surface area contributed by atoms with Gasteiger partial charge < -0.3 is 18.8 Å². The van der Waals surface area contributed by atoms with E-state index in [1.165, 1.54) is 96.3 Å². The molecule has 1 aromatic heterocycles. The fourth-order valence-corrected chi connectivity index (χ4v) is 7.34. The molecule has 4 rings (SSSR count). The van der Waals surface area contributed by atoms with Crippen LogP contribution in [-0.2, 0) is 9.53 Å². The van der Waals surface area contributed by atoms with Gasteiger partial charge in [-0.2, -0.15) is 0 Å². The zero-order valence-electron chi connectivity index (χ0n) is 32.1. The lowest BCUT2D eigenvalue weighted by molar-refractivity contribution is -0.151. The van der Waals surface area contributed by atoms with Crippen LogP contribution in [0.4, 0.5) is 0 Å². The molecule has 0 amide bonds. The molecule has 2 heterocycles. The molecular weight excluding hydrogens is 659 g/mol. The van der Waals surface area contributed by atoms with Crippen molar-refractivity contribution in [1.82, 2.24) is 4.90 Å². The number of benzene rings is 2. The zero-order chi connectivity index (χ0) is 35.9. The molecule has 0 spiro atoms. The average molecular weight is 728 g/mol. The summed E-state index contributed by atoms with van der Waals surface area (Å²) in [7, 11) is 0. The predicted molar refractivity (Wildman–Crippen MR) is 220 cm³/mol. The molecule has 0 N–H and O–H groups in total. The molecule has 0 aliphatic carbocycles. The minimum atomic E-state index is -0.0156. The summed E-state index contributed by atoms with van der Waals surface area (Å²) in [5.41, 5.74) is 2.08. The van der Waals surface area contributed by atoms with Crippen LogP contribution in [0.5, 0.6) is 5.75 Å². The van der Waals surface area contributed by atoms with Crippen molar-refractivity contribution in [2.24, 2.45) is 0 Å². The van der Waals surface area contributed by atoms with E-state index in [1.807, 2.05) is 55.5 Å². The first-order valence-electron chi connectivity index (χ1n) is 20.7. The highest BCUT2D eigenvalue weighted by Gasteiger charge is 2.22. The summed E-state index contributed by atoms with van der Waals surface area (Å²) in [5, 5.41) is 0.559. The van der Waals surface area contributed by atoms with Crippen molar-refractivity contribution in [3.63, 3.8) is 0 Å². The van der Waals surface area contributed by atoms with Crippen LogP contribution in [0.2, 0.25) is 0 Å². The van der Waals surface area contributed by atoms with Crippen molar-refractivity contribution in [2.45, 2.75) is 161 Å². The smallest absolute Gasteiger partial charge is 0.316 e. The van der Waals surface area contributed by atoms with E-state index in [0.717, 1.165) is 63.7 Å². The molecule has 1 aliphatic heterocycles. The zero-order valence-corrected chi connectivity index (χ0v) is 32.1. The Balaban J connectivity index is 0.00000729. The SMILES string of the molecule is CCCCCCCCCCCCCCCCCC(=O)OC1CCN(CCCCCCOc2ccc3oc(-c4ccccc4)c(C)c(=O)c3c2)CC1.[MgH2]. The molecule has 0 unspecified atom stereocenters. The standard InChI is InChI=1S/C45H67NO5.Mg.2H/c1-3-4-5-6-7-8-9-10-11-12-13-14-15-16-22-27-43(47)50-39-30-33-46(34-31-39)32-23-17-18-24-35-49-40-28-29-42-41(36-40)44(48)37(2)45(51-42)38-25-20-19-21-26-38;;;/h19-21,25-26,28-29,36,39H,3-18,22-24,27,30-35H2,1-2H3;;;. The molecule has 0 bridgehead atoms. The number of fused-ring (bicyclic) bond motifs is 1. The number of hydrogen-bond donors (Lipinski definition) is 0. The fourth-order valence-electron chi connectivity index (χ4n) is 7.34. The van der Waals surface area contributed by atoms with E-state index in [2.05, 4.69) is 11.8 Å². The highest BCUT2D eigenvalue weighted by molar-refractivity contribution is 5.81. The Morgan fingerprint density at radius 2 is 1.33 bits per heavy atom. The highest BCUT2D eigenvalue weighted by atomic mass is 24.3. The van der Waals surface area contributed by atoms with Crippen molar-refractivity contribution in [3.05, 3.63) is 64.3 Å². The van der Waals surface area contributed by atoms with Crippen molar-refractivity contribution in [1.29, 1.82) is 0 Å². The maximum atomic E-state index is 13.1. The van der Waals surface area contributed by atoms with Gasteiger partial charge in [-0.25, -0.2) is 0 Å². The van der Waals surface area contributed by atoms with Crippen LogP contribution in [0.1, 0.15) is 154 Å². The van der Waals surface area contributed by atoms with Crippen LogP contribution in [0.3, 0.4) is 0 Å². The molecule has 2 aromatic carbocycles. The number of likely N-dealkylation sites (tertiary alicyclic amines) is 1. The molecule has 6 nitrogen and oxygen atoms in total. The molecule has 1 aliphatic rings. The fraction of sp³-hybridized carbons (Fsp3) is 0.644. The molecule has 286 valence electrons. The highest BCUT2D eigenvalue weighted by Crippen LogP contribution is 2.27. The predicted octanol–water partition coefficient (Wildman–Crippen LogP) is 11.1. The molecule has 0 radical (unpaired) electrons. The van der Waals surface area contributed by atoms with E-state index in [0.29, 0.717) is 41.1 Å². The summed E-state index contributed by atoms with van der Waals surface area (Å²) in [4.78, 5) is 28.0. The molecule has 1 fully saturated rings. The van der Waals surface area contributed by atoms with Crippen molar-refractivity contribution >= 4 is 40.0 Å². The van der Waals surface area contributed by atoms with Gasteiger partial charge in [-0.05, 0) is 63.8 Å². The third-order valence-corrected chi connectivity index (χ3v) is 10.6. The minimum absolute atomic E-state index is 0. The number of rotatable bonds is 26. The monoisotopic (exact) mass is 728 g/mol. The number of hydrogen-bond acceptors (Lipinski definition) is 6. The van der Waals surface area contributed by atoms with Gasteiger partial charge in [-0.1, -0.05) is 140 Å². The number of unbranched alkanes of at least 4 members (excludes halogenated alkanes) is 17. The summed E-state index contributed by atoms with van der Waals surface area (Å²) in [6.07, 6.45) is 27.1. The number of esters is 1. The van der Waals surface area contributed by atoms with Gasteiger partial charge in [0.25, 0.3) is 0 Å². The van der Waals surface area contributed by atoms with Gasteiger partial charge in [0.1, 0.15) is 23.2 Å². The Kier molecular flexibility index (Phi) is 22.4. The molecule has 0 saturated carbocycles. The lowest BCUT2D eigenvalue weighted by atomic mass is 10.0. The van der Waals surface area contributed by atoms with E-state index < -0.39 is 0 Å². The van der Waals surface area contributed by atoms with Crippen molar-refractivity contribution in [3.8, 4) is 17.1 Å². The van der Waals surface area contributed by atoms with Gasteiger partial charge in [0, 0.05) is 30.6 Å². The van der Waals surface area contributed by atoms with Crippen molar-refractivity contribution < 1.29 is 18.7 Å². The van der Waals surface area contributed by atoms with Crippen LogP contribution in [0.25, 0.3) is 22.3 Å². The Morgan fingerprint density at radius 1 is 0.750 bits per heavy atom. The van der Waals surface area contributed by atoms with E-state index in [9.17, 15) is 9.59 Å². The third-order valence-electron chi connectivity index (χ3n) is 10.6. The summed E-state index contributed by atoms with van der Waals surface area (Å²) >= 11 is 0. The lowest BCUT2D eigenvalue weighted by Gasteiger charge is -2.31. The van der Waals surface area contributed by atoms with Gasteiger partial charge >= 0.3 is 29.0 Å². The normalized spacial score (nSPS) is 13.7. The molecule has 7 heteroatoms. The first-order chi connectivity index (χ1) is 25.0. The summed E-state index contributed by atoms with van der Waals surface area (Å²) in [6.45, 7) is 7.87. The van der Waals surface area contributed by atoms with Gasteiger partial charge in [-0.3, -0.25) is 9.59 Å². The van der Waals surface area contributed by atoms with E-state index in [4.69, 9.17) is 13.9 Å². The first-order valence-corrected chi connectivity index (χ1v) is 20.7. The van der Waals surface area contributed by atoms with Gasteiger partial charge in [0.2, 0.25) is 0 Å². The Morgan fingerprint density at radius 3 is 1.96 bits per heavy atom. The molecule has 3 aromatic rings. The minimum Gasteiger partial charge on any atom is -0.494 e. The second kappa shape index (κ2) is 26.4. The second-order valence-electron chi connectivity index (χ2n) is 14.9. The van der Waals surface area contributed by atoms with Crippen LogP contribution in [0.15, 0.2) is 57.7 Å². The average Bonchev–Trinajstić information content (AvgIpc) is 3.15. The quantitative estimate of drug-likeness (QED) is 0.0466. The van der Waals surface area contributed by atoms with Gasteiger partial charge in [0.15, 0.2) is 5.43 Å². The number of piperidine rings is 1. The van der Waals surface area contributed by atoms with E-state index in [-0.39, 0.29) is 40.6 Å². The van der Waals surface area contributed by atoms with Crippen LogP contribution < -0.4 is 10.2 Å². The van der Waals surface area contributed by atoms with E-state index >= 15 is 0 Å². The maximum absolute atomic E-state index is 13.1. The van der Waals surface area contributed by atoms with Crippen molar-refractivity contribution in [2.75, 3.05) is 26.2 Å². The Bertz CT molecular complexity index is 1450. The molecule has 0 atom stereocenters. The summed E-state index contributed by atoms with van der Waals surface area (Å²) in [5.74, 6) is 1.33. The largest absolute Gasteiger partial charge is 0.494 e. The second-order valence-corrected chi connectivity index (χ2v) is 14.9.